The molecule has 11 heteroatoms. The van der Waals surface area contributed by atoms with Gasteiger partial charge in [0.2, 0.25) is 0 Å². The van der Waals surface area contributed by atoms with E-state index in [4.69, 9.17) is 4.74 Å². The summed E-state index contributed by atoms with van der Waals surface area (Å²) in [7, 11) is 0. The number of rotatable bonds is 4. The number of aliphatic hydroxyl groups is 3. The molecule has 0 spiro atoms. The van der Waals surface area contributed by atoms with Gasteiger partial charge < -0.3 is 20.1 Å². The number of nitro groups is 2. The largest absolute Gasteiger partial charge is 0.456 e. The summed E-state index contributed by atoms with van der Waals surface area (Å²) in [6.45, 7) is 0. The number of esters is 1. The van der Waals surface area contributed by atoms with E-state index in [2.05, 4.69) is 0 Å². The zero-order valence-electron chi connectivity index (χ0n) is 12.1. The zero-order valence-corrected chi connectivity index (χ0v) is 12.1. The van der Waals surface area contributed by atoms with E-state index in [9.17, 15) is 40.3 Å². The highest BCUT2D eigenvalue weighted by Gasteiger charge is 2.39. The summed E-state index contributed by atoms with van der Waals surface area (Å²) in [5, 5.41) is 50.4. The minimum absolute atomic E-state index is 0.0577. The third-order valence-corrected chi connectivity index (χ3v) is 3.69. The van der Waals surface area contributed by atoms with Gasteiger partial charge in [-0.2, -0.15) is 0 Å². The Morgan fingerprint density at radius 1 is 1.00 bits per heavy atom. The van der Waals surface area contributed by atoms with E-state index in [-0.39, 0.29) is 12.8 Å². The molecule has 1 fully saturated rings. The topological polar surface area (TPSA) is 173 Å². The summed E-state index contributed by atoms with van der Waals surface area (Å²) in [5.74, 6) is -1.12. The molecule has 1 aromatic carbocycles. The van der Waals surface area contributed by atoms with Crippen LogP contribution in [0.15, 0.2) is 18.2 Å². The number of benzene rings is 1. The van der Waals surface area contributed by atoms with Crippen molar-refractivity contribution in [3.8, 4) is 0 Å². The normalized spacial score (nSPS) is 26.6. The molecule has 2 rings (SSSR count). The average Bonchev–Trinajstić information content (AvgIpc) is 2.54. The summed E-state index contributed by atoms with van der Waals surface area (Å²) in [6, 6.07) is 2.33. The van der Waals surface area contributed by atoms with Gasteiger partial charge in [0.15, 0.2) is 0 Å². The lowest BCUT2D eigenvalue weighted by atomic mass is 9.89. The van der Waals surface area contributed by atoms with E-state index in [0.717, 1.165) is 12.1 Å². The van der Waals surface area contributed by atoms with Crippen LogP contribution in [0.2, 0.25) is 0 Å². The van der Waals surface area contributed by atoms with Crippen LogP contribution in [0.4, 0.5) is 11.4 Å². The standard InChI is InChI=1S/C13H14N2O9/c16-9-1-2-10(12(18)11(9)17)24-13(19)6-3-7(14(20)21)5-8(4-6)15(22)23/h3-5,9-12,16-18H,1-2H2/t9-,10-,11-,12+/m0/s1. The van der Waals surface area contributed by atoms with Gasteiger partial charge in [-0.05, 0) is 12.8 Å². The number of aliphatic hydroxyl groups excluding tert-OH is 3. The molecule has 0 aromatic heterocycles. The summed E-state index contributed by atoms with van der Waals surface area (Å²) in [6.07, 6.45) is -5.21. The molecule has 1 aromatic rings. The lowest BCUT2D eigenvalue weighted by Gasteiger charge is -2.34. The SMILES string of the molecule is O=C(O[C@H]1CC[C@H](O)[C@H](O)[C@@H]1O)c1cc([N+](=O)[O-])cc([N+](=O)[O-])c1. The van der Waals surface area contributed by atoms with Crippen LogP contribution in [-0.4, -0.2) is 55.6 Å². The van der Waals surface area contributed by atoms with Crippen molar-refractivity contribution >= 4 is 17.3 Å². The van der Waals surface area contributed by atoms with Crippen LogP contribution in [-0.2, 0) is 4.74 Å². The average molecular weight is 342 g/mol. The number of non-ortho nitro benzene ring substituents is 2. The van der Waals surface area contributed by atoms with Crippen LogP contribution in [0.3, 0.4) is 0 Å². The zero-order chi connectivity index (χ0) is 18.0. The molecule has 0 heterocycles. The molecular formula is C13H14N2O9. The van der Waals surface area contributed by atoms with E-state index >= 15 is 0 Å². The van der Waals surface area contributed by atoms with E-state index in [1.54, 1.807) is 0 Å². The number of hydrogen-bond acceptors (Lipinski definition) is 9. The third-order valence-electron chi connectivity index (χ3n) is 3.69. The minimum Gasteiger partial charge on any atom is -0.456 e. The van der Waals surface area contributed by atoms with Gasteiger partial charge in [-0.25, -0.2) is 4.79 Å². The Kier molecular flexibility index (Phi) is 5.07. The fourth-order valence-electron chi connectivity index (χ4n) is 2.38. The highest BCUT2D eigenvalue weighted by atomic mass is 16.6. The Bertz CT molecular complexity index is 645. The molecule has 1 saturated carbocycles. The number of nitro benzene ring substituents is 2. The number of carbonyl (C=O) groups is 1. The Morgan fingerprint density at radius 2 is 1.54 bits per heavy atom. The van der Waals surface area contributed by atoms with Crippen LogP contribution in [0.1, 0.15) is 23.2 Å². The molecule has 11 nitrogen and oxygen atoms in total. The Labute approximate surface area is 134 Å². The third kappa shape index (κ3) is 3.64. The van der Waals surface area contributed by atoms with Crippen molar-refractivity contribution in [2.75, 3.05) is 0 Å². The van der Waals surface area contributed by atoms with Gasteiger partial charge in [0.05, 0.1) is 27.6 Å². The summed E-state index contributed by atoms with van der Waals surface area (Å²) >= 11 is 0. The second kappa shape index (κ2) is 6.86. The second-order valence-electron chi connectivity index (χ2n) is 5.32. The molecule has 130 valence electrons. The second-order valence-corrected chi connectivity index (χ2v) is 5.32. The summed E-state index contributed by atoms with van der Waals surface area (Å²) < 4.78 is 4.97. The van der Waals surface area contributed by atoms with Crippen molar-refractivity contribution in [3.63, 3.8) is 0 Å². The van der Waals surface area contributed by atoms with E-state index in [0.29, 0.717) is 6.07 Å². The Morgan fingerprint density at radius 3 is 2.04 bits per heavy atom. The van der Waals surface area contributed by atoms with Crippen molar-refractivity contribution in [1.29, 1.82) is 0 Å². The molecule has 0 bridgehead atoms. The first kappa shape index (κ1) is 17.7. The first-order chi connectivity index (χ1) is 11.2. The number of ether oxygens (including phenoxy) is 1. The van der Waals surface area contributed by atoms with Crippen molar-refractivity contribution < 1.29 is 34.7 Å². The number of carbonyl (C=O) groups excluding carboxylic acids is 1. The van der Waals surface area contributed by atoms with Crippen LogP contribution in [0, 0.1) is 20.2 Å². The number of hydrogen-bond donors (Lipinski definition) is 3. The van der Waals surface area contributed by atoms with Crippen molar-refractivity contribution in [2.45, 2.75) is 37.3 Å². The highest BCUT2D eigenvalue weighted by Crippen LogP contribution is 2.26. The van der Waals surface area contributed by atoms with Crippen LogP contribution >= 0.6 is 0 Å². The smallest absolute Gasteiger partial charge is 0.339 e. The van der Waals surface area contributed by atoms with Gasteiger partial charge >= 0.3 is 5.97 Å². The molecule has 0 amide bonds. The summed E-state index contributed by atoms with van der Waals surface area (Å²) in [5.41, 5.74) is -1.74. The van der Waals surface area contributed by atoms with Crippen molar-refractivity contribution in [1.82, 2.24) is 0 Å². The fraction of sp³-hybridized carbons (Fsp3) is 0.462. The molecule has 0 saturated heterocycles. The van der Waals surface area contributed by atoms with Crippen molar-refractivity contribution in [3.05, 3.63) is 44.0 Å². The molecule has 24 heavy (non-hydrogen) atoms. The maximum atomic E-state index is 12.1. The van der Waals surface area contributed by atoms with Crippen LogP contribution in [0.5, 0.6) is 0 Å². The quantitative estimate of drug-likeness (QED) is 0.383. The molecule has 4 atom stereocenters. The molecule has 0 radical (unpaired) electrons. The van der Waals surface area contributed by atoms with E-state index in [1.165, 1.54) is 0 Å². The van der Waals surface area contributed by atoms with Gasteiger partial charge in [-0.1, -0.05) is 0 Å². The van der Waals surface area contributed by atoms with E-state index < -0.39 is 57.2 Å². The Hall–Kier alpha value is -2.63. The molecule has 0 aliphatic heterocycles. The lowest BCUT2D eigenvalue weighted by Crippen LogP contribution is -2.50. The van der Waals surface area contributed by atoms with Gasteiger partial charge in [-0.3, -0.25) is 20.2 Å². The van der Waals surface area contributed by atoms with Gasteiger partial charge in [0.25, 0.3) is 11.4 Å². The number of nitrogens with zero attached hydrogens (tertiary/aromatic N) is 2. The lowest BCUT2D eigenvalue weighted by molar-refractivity contribution is -0.394. The monoisotopic (exact) mass is 342 g/mol. The minimum atomic E-state index is -1.54. The first-order valence-electron chi connectivity index (χ1n) is 6.89. The van der Waals surface area contributed by atoms with Gasteiger partial charge in [0, 0.05) is 12.1 Å². The Balaban J connectivity index is 2.23. The fourth-order valence-corrected chi connectivity index (χ4v) is 2.38. The van der Waals surface area contributed by atoms with Gasteiger partial charge in [0.1, 0.15) is 18.3 Å². The van der Waals surface area contributed by atoms with Crippen LogP contribution < -0.4 is 0 Å². The summed E-state index contributed by atoms with van der Waals surface area (Å²) in [4.78, 5) is 31.9. The highest BCUT2D eigenvalue weighted by molar-refractivity contribution is 5.91. The van der Waals surface area contributed by atoms with Crippen LogP contribution in [0.25, 0.3) is 0 Å². The molecule has 0 unspecified atom stereocenters. The van der Waals surface area contributed by atoms with Crippen molar-refractivity contribution in [2.24, 2.45) is 0 Å². The predicted octanol–water partition coefficient (Wildman–Crippen LogP) is -0.0951. The molecule has 1 aliphatic carbocycles. The predicted molar refractivity (Wildman–Crippen MR) is 76.2 cm³/mol. The molecule has 1 aliphatic rings. The van der Waals surface area contributed by atoms with Gasteiger partial charge in [-0.15, -0.1) is 0 Å². The van der Waals surface area contributed by atoms with E-state index in [1.807, 2.05) is 0 Å². The molecule has 3 N–H and O–H groups in total. The molecular weight excluding hydrogens is 328 g/mol. The maximum Gasteiger partial charge on any atom is 0.339 e. The first-order valence-corrected chi connectivity index (χ1v) is 6.89. The maximum absolute atomic E-state index is 12.1.